The highest BCUT2D eigenvalue weighted by molar-refractivity contribution is 5.66. The zero-order valence-corrected chi connectivity index (χ0v) is 10.2. The molecule has 1 aromatic carbocycles. The first-order valence-corrected chi connectivity index (χ1v) is 5.49. The van der Waals surface area contributed by atoms with Gasteiger partial charge in [0.15, 0.2) is 0 Å². The average molecular weight is 221 g/mol. The summed E-state index contributed by atoms with van der Waals surface area (Å²) in [6, 6.07) is 6.30. The molecule has 0 heterocycles. The molecule has 0 spiro atoms. The summed E-state index contributed by atoms with van der Waals surface area (Å²) in [5.74, 6) is -0.724. The van der Waals surface area contributed by atoms with E-state index in [-0.39, 0.29) is 6.42 Å². The molecular formula is C13H19NO2. The van der Waals surface area contributed by atoms with Crippen molar-refractivity contribution in [3.05, 3.63) is 29.3 Å². The molecule has 0 aliphatic carbocycles. The highest BCUT2D eigenvalue weighted by Crippen LogP contribution is 2.22. The Morgan fingerprint density at radius 1 is 1.38 bits per heavy atom. The monoisotopic (exact) mass is 221 g/mol. The lowest BCUT2D eigenvalue weighted by Crippen LogP contribution is -2.11. The second-order valence-electron chi connectivity index (χ2n) is 4.27. The first-order chi connectivity index (χ1) is 7.50. The number of nitrogens with zero attached hydrogens (tertiary/aromatic N) is 1. The normalized spacial score (nSPS) is 10.2. The molecule has 1 N–H and O–H groups in total. The van der Waals surface area contributed by atoms with E-state index in [0.717, 1.165) is 6.42 Å². The molecular weight excluding hydrogens is 202 g/mol. The van der Waals surface area contributed by atoms with Gasteiger partial charge in [-0.15, -0.1) is 0 Å². The Morgan fingerprint density at radius 3 is 2.62 bits per heavy atom. The Morgan fingerprint density at radius 2 is 2.06 bits per heavy atom. The fourth-order valence-electron chi connectivity index (χ4n) is 1.73. The van der Waals surface area contributed by atoms with E-state index in [1.807, 2.05) is 14.1 Å². The maximum Gasteiger partial charge on any atom is 0.303 e. The Hall–Kier alpha value is -1.51. The molecule has 0 radical (unpaired) electrons. The maximum atomic E-state index is 10.5. The van der Waals surface area contributed by atoms with Gasteiger partial charge in [-0.2, -0.15) is 0 Å². The van der Waals surface area contributed by atoms with Gasteiger partial charge < -0.3 is 10.0 Å². The van der Waals surface area contributed by atoms with E-state index in [1.165, 1.54) is 16.8 Å². The van der Waals surface area contributed by atoms with Gasteiger partial charge in [0.2, 0.25) is 0 Å². The molecule has 0 saturated carbocycles. The van der Waals surface area contributed by atoms with Gasteiger partial charge in [-0.3, -0.25) is 4.79 Å². The highest BCUT2D eigenvalue weighted by atomic mass is 16.4. The predicted octanol–water partition coefficient (Wildman–Crippen LogP) is 2.47. The van der Waals surface area contributed by atoms with Crippen molar-refractivity contribution in [2.24, 2.45) is 0 Å². The molecule has 0 unspecified atom stereocenters. The lowest BCUT2D eigenvalue weighted by atomic mass is 10.0. The van der Waals surface area contributed by atoms with Gasteiger partial charge in [-0.25, -0.2) is 0 Å². The molecule has 1 aromatic rings. The SMILES string of the molecule is Cc1ccc(CCCC(=O)O)c(N(C)C)c1. The Kier molecular flexibility index (Phi) is 4.35. The fraction of sp³-hybridized carbons (Fsp3) is 0.462. The van der Waals surface area contributed by atoms with Crippen LogP contribution in [0.15, 0.2) is 18.2 Å². The van der Waals surface area contributed by atoms with Crippen LogP contribution in [-0.4, -0.2) is 25.2 Å². The van der Waals surface area contributed by atoms with Crippen LogP contribution in [0.2, 0.25) is 0 Å². The van der Waals surface area contributed by atoms with Crippen molar-refractivity contribution >= 4 is 11.7 Å². The van der Waals surface area contributed by atoms with Crippen molar-refractivity contribution in [3.63, 3.8) is 0 Å². The van der Waals surface area contributed by atoms with Crippen molar-refractivity contribution in [1.29, 1.82) is 0 Å². The molecule has 0 aliphatic heterocycles. The fourth-order valence-corrected chi connectivity index (χ4v) is 1.73. The average Bonchev–Trinajstić information content (AvgIpc) is 2.19. The minimum absolute atomic E-state index is 0.237. The van der Waals surface area contributed by atoms with E-state index in [4.69, 9.17) is 5.11 Å². The Balaban J connectivity index is 2.74. The largest absolute Gasteiger partial charge is 0.481 e. The van der Waals surface area contributed by atoms with E-state index in [9.17, 15) is 4.79 Å². The van der Waals surface area contributed by atoms with Crippen LogP contribution in [0.4, 0.5) is 5.69 Å². The number of carbonyl (C=O) groups is 1. The van der Waals surface area contributed by atoms with E-state index < -0.39 is 5.97 Å². The second-order valence-corrected chi connectivity index (χ2v) is 4.27. The third kappa shape index (κ3) is 3.57. The van der Waals surface area contributed by atoms with Gasteiger partial charge in [0.1, 0.15) is 0 Å². The summed E-state index contributed by atoms with van der Waals surface area (Å²) in [6.07, 6.45) is 1.75. The zero-order valence-electron chi connectivity index (χ0n) is 10.2. The molecule has 1 rings (SSSR count). The van der Waals surface area contributed by atoms with Crippen LogP contribution in [0.3, 0.4) is 0 Å². The summed E-state index contributed by atoms with van der Waals surface area (Å²) < 4.78 is 0. The first kappa shape index (κ1) is 12.6. The molecule has 0 aliphatic rings. The topological polar surface area (TPSA) is 40.5 Å². The van der Waals surface area contributed by atoms with E-state index in [2.05, 4.69) is 30.0 Å². The number of aliphatic carboxylic acids is 1. The Labute approximate surface area is 96.7 Å². The van der Waals surface area contributed by atoms with E-state index >= 15 is 0 Å². The molecule has 88 valence electrons. The van der Waals surface area contributed by atoms with Crippen molar-refractivity contribution in [3.8, 4) is 0 Å². The van der Waals surface area contributed by atoms with Crippen LogP contribution in [0.1, 0.15) is 24.0 Å². The summed E-state index contributed by atoms with van der Waals surface area (Å²) in [7, 11) is 4.02. The summed E-state index contributed by atoms with van der Waals surface area (Å²) in [6.45, 7) is 2.06. The molecule has 3 nitrogen and oxygen atoms in total. The number of rotatable bonds is 5. The zero-order chi connectivity index (χ0) is 12.1. The van der Waals surface area contributed by atoms with Gasteiger partial charge in [0.25, 0.3) is 0 Å². The van der Waals surface area contributed by atoms with E-state index in [1.54, 1.807) is 0 Å². The summed E-state index contributed by atoms with van der Waals surface area (Å²) in [5.41, 5.74) is 3.63. The number of anilines is 1. The second kappa shape index (κ2) is 5.54. The van der Waals surface area contributed by atoms with Gasteiger partial charge in [0.05, 0.1) is 0 Å². The van der Waals surface area contributed by atoms with Crippen LogP contribution in [0.25, 0.3) is 0 Å². The van der Waals surface area contributed by atoms with Gasteiger partial charge in [0, 0.05) is 26.2 Å². The van der Waals surface area contributed by atoms with Gasteiger partial charge in [-0.05, 0) is 37.0 Å². The highest BCUT2D eigenvalue weighted by Gasteiger charge is 2.05. The van der Waals surface area contributed by atoms with Crippen molar-refractivity contribution in [2.45, 2.75) is 26.2 Å². The van der Waals surface area contributed by atoms with Crippen LogP contribution < -0.4 is 4.90 Å². The van der Waals surface area contributed by atoms with Crippen LogP contribution in [0.5, 0.6) is 0 Å². The third-order valence-corrected chi connectivity index (χ3v) is 2.56. The van der Waals surface area contributed by atoms with Crippen LogP contribution in [-0.2, 0) is 11.2 Å². The number of hydrogen-bond acceptors (Lipinski definition) is 2. The maximum absolute atomic E-state index is 10.5. The standard InChI is InChI=1S/C13H19NO2/c1-10-7-8-11(5-4-6-13(15)16)12(9-10)14(2)3/h7-9H,4-6H2,1-3H3,(H,15,16). The number of carboxylic acids is 1. The molecule has 16 heavy (non-hydrogen) atoms. The molecule has 0 saturated heterocycles. The molecule has 3 heteroatoms. The molecule has 0 aromatic heterocycles. The lowest BCUT2D eigenvalue weighted by molar-refractivity contribution is -0.137. The number of hydrogen-bond donors (Lipinski definition) is 1. The summed E-state index contributed by atoms with van der Waals surface area (Å²) >= 11 is 0. The molecule has 0 atom stereocenters. The smallest absolute Gasteiger partial charge is 0.303 e. The van der Waals surface area contributed by atoms with Crippen LogP contribution in [0, 0.1) is 6.92 Å². The first-order valence-electron chi connectivity index (χ1n) is 5.49. The van der Waals surface area contributed by atoms with Crippen LogP contribution >= 0.6 is 0 Å². The van der Waals surface area contributed by atoms with Crippen molar-refractivity contribution in [2.75, 3.05) is 19.0 Å². The van der Waals surface area contributed by atoms with Crippen molar-refractivity contribution < 1.29 is 9.90 Å². The van der Waals surface area contributed by atoms with Crippen molar-refractivity contribution in [1.82, 2.24) is 0 Å². The molecule has 0 fully saturated rings. The third-order valence-electron chi connectivity index (χ3n) is 2.56. The van der Waals surface area contributed by atoms with Gasteiger partial charge >= 0.3 is 5.97 Å². The van der Waals surface area contributed by atoms with E-state index in [0.29, 0.717) is 6.42 Å². The number of carboxylic acid groups (broad SMARTS) is 1. The van der Waals surface area contributed by atoms with Gasteiger partial charge in [-0.1, -0.05) is 12.1 Å². The molecule has 0 amide bonds. The minimum Gasteiger partial charge on any atom is -0.481 e. The Bertz CT molecular complexity index is 372. The number of benzene rings is 1. The number of aryl methyl sites for hydroxylation is 2. The quantitative estimate of drug-likeness (QED) is 0.830. The predicted molar refractivity (Wildman–Crippen MR) is 66.1 cm³/mol. The molecule has 0 bridgehead atoms. The minimum atomic E-state index is -0.724. The lowest BCUT2D eigenvalue weighted by Gasteiger charge is -2.18. The summed E-state index contributed by atoms with van der Waals surface area (Å²) in [4.78, 5) is 12.5. The summed E-state index contributed by atoms with van der Waals surface area (Å²) in [5, 5.41) is 8.60.